The van der Waals surface area contributed by atoms with E-state index < -0.39 is 0 Å². The minimum atomic E-state index is 0. The predicted molar refractivity (Wildman–Crippen MR) is 119 cm³/mol. The standard InChI is InChI=1S/C22H19N7.CH4/c23-12-16-2-1-3-19(10-16)28-6-8-29(9-7-28)22-20-11-17(18-13-26-27-14-18)4-5-21(20)24-15-25-22;/h1-5,10-11,13-15H,6-9H2,(H,26,27);1H4. The number of H-pyrrole nitrogens is 1. The Balaban J connectivity index is 0.00000218. The van der Waals surface area contributed by atoms with Gasteiger partial charge in [-0.2, -0.15) is 10.4 Å². The Bertz CT molecular complexity index is 1190. The van der Waals surface area contributed by atoms with E-state index in [0.29, 0.717) is 5.56 Å². The summed E-state index contributed by atoms with van der Waals surface area (Å²) in [5.41, 5.74) is 4.86. The Kier molecular flexibility index (Phi) is 5.31. The zero-order chi connectivity index (χ0) is 19.6. The zero-order valence-electron chi connectivity index (χ0n) is 15.8. The molecule has 2 aromatic carbocycles. The van der Waals surface area contributed by atoms with Gasteiger partial charge in [0.1, 0.15) is 12.1 Å². The number of hydrogen-bond donors (Lipinski definition) is 1. The molecule has 2 aromatic heterocycles. The van der Waals surface area contributed by atoms with Crippen molar-refractivity contribution >= 4 is 22.4 Å². The molecule has 7 heteroatoms. The summed E-state index contributed by atoms with van der Waals surface area (Å²) in [6.07, 6.45) is 5.34. The first-order chi connectivity index (χ1) is 14.3. The van der Waals surface area contributed by atoms with Crippen molar-refractivity contribution in [2.24, 2.45) is 0 Å². The van der Waals surface area contributed by atoms with Gasteiger partial charge in [-0.3, -0.25) is 5.10 Å². The van der Waals surface area contributed by atoms with E-state index in [1.807, 2.05) is 36.7 Å². The highest BCUT2D eigenvalue weighted by Gasteiger charge is 2.20. The molecule has 0 unspecified atom stereocenters. The fourth-order valence-corrected chi connectivity index (χ4v) is 3.83. The second-order valence-corrected chi connectivity index (χ2v) is 7.05. The van der Waals surface area contributed by atoms with E-state index in [2.05, 4.69) is 54.2 Å². The second kappa shape index (κ2) is 8.21. The number of nitriles is 1. The molecule has 0 radical (unpaired) electrons. The lowest BCUT2D eigenvalue weighted by Gasteiger charge is -2.37. The lowest BCUT2D eigenvalue weighted by molar-refractivity contribution is 0.649. The van der Waals surface area contributed by atoms with Crippen LogP contribution in [0.3, 0.4) is 0 Å². The highest BCUT2D eigenvalue weighted by Crippen LogP contribution is 2.29. The van der Waals surface area contributed by atoms with Gasteiger partial charge in [0.2, 0.25) is 0 Å². The van der Waals surface area contributed by atoms with Crippen molar-refractivity contribution in [1.29, 1.82) is 5.26 Å². The summed E-state index contributed by atoms with van der Waals surface area (Å²) in [6.45, 7) is 3.47. The van der Waals surface area contributed by atoms with Crippen molar-refractivity contribution in [1.82, 2.24) is 20.2 Å². The average Bonchev–Trinajstić information content (AvgIpc) is 3.33. The van der Waals surface area contributed by atoms with E-state index in [1.165, 1.54) is 0 Å². The van der Waals surface area contributed by atoms with E-state index in [1.54, 1.807) is 6.33 Å². The van der Waals surface area contributed by atoms with Crippen LogP contribution in [0.2, 0.25) is 0 Å². The van der Waals surface area contributed by atoms with Gasteiger partial charge in [0.05, 0.1) is 23.3 Å². The van der Waals surface area contributed by atoms with Crippen LogP contribution < -0.4 is 9.80 Å². The SMILES string of the molecule is C.N#Cc1cccc(N2CCN(c3ncnc4ccc(-c5cn[nH]c5)cc34)CC2)c1. The molecule has 7 nitrogen and oxygen atoms in total. The molecule has 150 valence electrons. The van der Waals surface area contributed by atoms with Gasteiger partial charge in [-0.1, -0.05) is 19.6 Å². The number of hydrogen-bond acceptors (Lipinski definition) is 6. The Labute approximate surface area is 175 Å². The van der Waals surface area contributed by atoms with Crippen molar-refractivity contribution in [2.75, 3.05) is 36.0 Å². The van der Waals surface area contributed by atoms with E-state index >= 15 is 0 Å². The minimum Gasteiger partial charge on any atom is -0.368 e. The number of rotatable bonds is 3. The summed E-state index contributed by atoms with van der Waals surface area (Å²) in [6, 6.07) is 16.2. The van der Waals surface area contributed by atoms with Gasteiger partial charge in [-0.15, -0.1) is 0 Å². The topological polar surface area (TPSA) is 84.7 Å². The Morgan fingerprint density at radius 3 is 2.53 bits per heavy atom. The summed E-state index contributed by atoms with van der Waals surface area (Å²) >= 11 is 0. The van der Waals surface area contributed by atoms with Crippen molar-refractivity contribution < 1.29 is 0 Å². The Morgan fingerprint density at radius 2 is 1.77 bits per heavy atom. The summed E-state index contributed by atoms with van der Waals surface area (Å²) in [5, 5.41) is 17.1. The number of aromatic amines is 1. The van der Waals surface area contributed by atoms with Crippen molar-refractivity contribution in [3.8, 4) is 17.2 Å². The Hall–Kier alpha value is -3.92. The van der Waals surface area contributed by atoms with Gasteiger partial charge in [-0.25, -0.2) is 9.97 Å². The van der Waals surface area contributed by atoms with Crippen molar-refractivity contribution in [3.05, 3.63) is 66.7 Å². The first-order valence-corrected chi connectivity index (χ1v) is 9.56. The maximum Gasteiger partial charge on any atom is 0.140 e. The van der Waals surface area contributed by atoms with Crippen LogP contribution >= 0.6 is 0 Å². The van der Waals surface area contributed by atoms with Crippen molar-refractivity contribution in [2.45, 2.75) is 7.43 Å². The fourth-order valence-electron chi connectivity index (χ4n) is 3.83. The maximum absolute atomic E-state index is 9.15. The van der Waals surface area contributed by atoms with Gasteiger partial charge >= 0.3 is 0 Å². The molecule has 5 rings (SSSR count). The first kappa shape index (κ1) is 19.4. The number of anilines is 2. The predicted octanol–water partition coefficient (Wildman–Crippen LogP) is 3.85. The van der Waals surface area contributed by atoms with Crippen molar-refractivity contribution in [3.63, 3.8) is 0 Å². The van der Waals surface area contributed by atoms with Crippen LogP contribution in [0.1, 0.15) is 13.0 Å². The summed E-state index contributed by atoms with van der Waals surface area (Å²) in [7, 11) is 0. The molecule has 1 N–H and O–H groups in total. The third-order valence-corrected chi connectivity index (χ3v) is 5.37. The number of piperazine rings is 1. The maximum atomic E-state index is 9.15. The van der Waals surface area contributed by atoms with E-state index in [0.717, 1.165) is 59.7 Å². The first-order valence-electron chi connectivity index (χ1n) is 9.56. The molecule has 0 aliphatic carbocycles. The summed E-state index contributed by atoms with van der Waals surface area (Å²) in [5.74, 6) is 0.964. The lowest BCUT2D eigenvalue weighted by Crippen LogP contribution is -2.47. The van der Waals surface area contributed by atoms with Gasteiger partial charge in [0, 0.05) is 49.0 Å². The third-order valence-electron chi connectivity index (χ3n) is 5.37. The van der Waals surface area contributed by atoms with Crippen LogP contribution in [-0.2, 0) is 0 Å². The molecular formula is C23H23N7. The highest BCUT2D eigenvalue weighted by atomic mass is 15.3. The Morgan fingerprint density at radius 1 is 0.933 bits per heavy atom. The van der Waals surface area contributed by atoms with E-state index in [-0.39, 0.29) is 7.43 Å². The smallest absolute Gasteiger partial charge is 0.140 e. The van der Waals surface area contributed by atoms with Crippen LogP contribution in [0.4, 0.5) is 11.5 Å². The molecule has 0 amide bonds. The molecule has 0 spiro atoms. The normalized spacial score (nSPS) is 13.7. The minimum absolute atomic E-state index is 0. The molecule has 0 bridgehead atoms. The molecule has 30 heavy (non-hydrogen) atoms. The van der Waals surface area contributed by atoms with Gasteiger partial charge in [0.15, 0.2) is 0 Å². The molecule has 1 aliphatic rings. The van der Waals surface area contributed by atoms with Crippen LogP contribution in [0, 0.1) is 11.3 Å². The molecule has 1 saturated heterocycles. The van der Waals surface area contributed by atoms with Gasteiger partial charge in [0.25, 0.3) is 0 Å². The molecule has 0 atom stereocenters. The summed E-state index contributed by atoms with van der Waals surface area (Å²) in [4.78, 5) is 13.7. The van der Waals surface area contributed by atoms with Crippen LogP contribution in [0.15, 0.2) is 61.2 Å². The molecule has 0 saturated carbocycles. The quantitative estimate of drug-likeness (QED) is 0.565. The van der Waals surface area contributed by atoms with E-state index in [9.17, 15) is 0 Å². The van der Waals surface area contributed by atoms with Gasteiger partial charge < -0.3 is 9.80 Å². The van der Waals surface area contributed by atoms with Gasteiger partial charge in [-0.05, 0) is 35.9 Å². The molecular weight excluding hydrogens is 374 g/mol. The zero-order valence-corrected chi connectivity index (χ0v) is 15.8. The lowest BCUT2D eigenvalue weighted by atomic mass is 10.1. The number of fused-ring (bicyclic) bond motifs is 1. The number of nitrogens with zero attached hydrogens (tertiary/aromatic N) is 6. The van der Waals surface area contributed by atoms with Crippen LogP contribution in [0.25, 0.3) is 22.0 Å². The van der Waals surface area contributed by atoms with Crippen LogP contribution in [0.5, 0.6) is 0 Å². The molecule has 3 heterocycles. The molecule has 1 aliphatic heterocycles. The number of nitrogens with one attached hydrogen (secondary N) is 1. The summed E-state index contributed by atoms with van der Waals surface area (Å²) < 4.78 is 0. The van der Waals surface area contributed by atoms with Crippen LogP contribution in [-0.4, -0.2) is 46.3 Å². The van der Waals surface area contributed by atoms with E-state index in [4.69, 9.17) is 5.26 Å². The second-order valence-electron chi connectivity index (χ2n) is 7.05. The molecule has 4 aromatic rings. The number of benzene rings is 2. The average molecular weight is 397 g/mol. The largest absolute Gasteiger partial charge is 0.368 e. The highest BCUT2D eigenvalue weighted by molar-refractivity contribution is 5.92. The monoisotopic (exact) mass is 397 g/mol. The third kappa shape index (κ3) is 3.55. The molecule has 1 fully saturated rings. The fraction of sp³-hybridized carbons (Fsp3) is 0.217. The number of aromatic nitrogens is 4.